The first kappa shape index (κ1) is 71.2. The molecule has 2 atom stereocenters. The maximum atomic E-state index is 13.5. The molecule has 2 aliphatic heterocycles. The quantitative estimate of drug-likeness (QED) is 0.0166. The molecule has 0 aromatic heterocycles. The lowest BCUT2D eigenvalue weighted by Crippen LogP contribution is -2.29. The van der Waals surface area contributed by atoms with Crippen LogP contribution in [0.4, 0.5) is 34.1 Å². The molecule has 6 aromatic rings. The number of azo groups is 2. The number of nitrogens with one attached hydrogen (secondary N) is 2. The number of anilines is 4. The minimum Gasteiger partial charge on any atom is -0.478 e. The second-order valence-corrected chi connectivity index (χ2v) is 28.2. The number of aromatic carboxylic acids is 2. The molecule has 0 saturated carbocycles. The highest BCUT2D eigenvalue weighted by Crippen LogP contribution is 2.34. The number of carboxylic acids is 2. The molecule has 10 N–H and O–H groups in total. The number of carbonyl (C=O) groups is 6. The van der Waals surface area contributed by atoms with Crippen molar-refractivity contribution in [2.75, 3.05) is 20.7 Å². The Hall–Kier alpha value is -10.6. The molecule has 42 heteroatoms. The van der Waals surface area contributed by atoms with Crippen LogP contribution in [0.1, 0.15) is 56.8 Å². The Morgan fingerprint density at radius 3 is 1.02 bits per heavy atom. The van der Waals surface area contributed by atoms with Crippen molar-refractivity contribution in [2.45, 2.75) is 55.3 Å². The molecule has 0 bridgehead atoms. The topological polar surface area (TPSA) is 574 Å². The molecular weight excluding hydrogens is 1400 g/mol. The van der Waals surface area contributed by atoms with Gasteiger partial charge in [0.1, 0.15) is 19.6 Å². The Labute approximate surface area is 541 Å². The van der Waals surface area contributed by atoms with Gasteiger partial charge >= 0.3 is 11.9 Å². The second-order valence-electron chi connectivity index (χ2n) is 19.8. The molecule has 96 heavy (non-hydrogen) atoms. The third-order valence-electron chi connectivity index (χ3n) is 13.2. The zero-order valence-electron chi connectivity index (χ0n) is 48.0. The molecule has 0 spiro atoms. The fourth-order valence-corrected chi connectivity index (χ4v) is 12.6. The molecule has 0 saturated heterocycles. The molecule has 4 amide bonds. The highest BCUT2D eigenvalue weighted by atomic mass is 32.2. The molecule has 0 aliphatic carbocycles. The summed E-state index contributed by atoms with van der Waals surface area (Å²) in [6.45, 7) is 2.61. The van der Waals surface area contributed by atoms with Gasteiger partial charge in [0.2, 0.25) is 11.8 Å². The van der Waals surface area contributed by atoms with Gasteiger partial charge in [-0.15, -0.1) is 0 Å². The maximum absolute atomic E-state index is 13.5. The maximum Gasteiger partial charge on any atom is 0.338 e. The molecule has 0 fully saturated rings. The van der Waals surface area contributed by atoms with Crippen LogP contribution >= 0.6 is 0 Å². The zero-order chi connectivity index (χ0) is 70.9. The van der Waals surface area contributed by atoms with E-state index in [9.17, 15) is 117 Å². The predicted molar refractivity (Wildman–Crippen MR) is 334 cm³/mol. The van der Waals surface area contributed by atoms with Crippen LogP contribution in [0.5, 0.6) is 0 Å². The fraction of sp³-hybridized carbons (Fsp3) is 0.0741. The highest BCUT2D eigenvalue weighted by Gasteiger charge is 2.38. The lowest BCUT2D eigenvalue weighted by molar-refractivity contribution is -0.118. The summed E-state index contributed by atoms with van der Waals surface area (Å²) in [6.07, 6.45) is 5.18. The molecule has 2 heterocycles. The van der Waals surface area contributed by atoms with E-state index in [1.165, 1.54) is 13.8 Å². The Morgan fingerprint density at radius 2 is 0.729 bits per heavy atom. The van der Waals surface area contributed by atoms with Crippen LogP contribution in [-0.4, -0.2) is 147 Å². The first-order valence-electron chi connectivity index (χ1n) is 25.9. The average molecular weight is 1440 g/mol. The number of hydrogen-bond acceptors (Lipinski definition) is 24. The fourth-order valence-electron chi connectivity index (χ4n) is 8.71. The number of hydrogen-bond donors (Lipinski definition) is 10. The molecule has 36 nitrogen and oxygen atoms in total. The summed E-state index contributed by atoms with van der Waals surface area (Å²) in [7, 11) is -30.3. The SMILES string of the molecule is CC1=NN(c2ccc(/C=C/c3ccc(NC(=O)/C=C/C(=O)Nc4ccc(/C=C/c5ccc(N6N=C(C)C(N=Nc7ccc(S(=O)(=O)O)cc7C(=O)O)C6=O)cc5S(=O)(=O)O)c(S(=O)(=O)O)c4)cc3S(=O)(=O)O)c(S(=O)(=O)O)c2)C(=O)C1N=Nc1ccc(S(=O)(=O)O)cc1C(=O)O. The Balaban J connectivity index is 0.933. The van der Waals surface area contributed by atoms with Crippen molar-refractivity contribution < 1.29 is 117 Å². The van der Waals surface area contributed by atoms with Gasteiger partial charge in [0, 0.05) is 23.5 Å². The summed E-state index contributed by atoms with van der Waals surface area (Å²) < 4.78 is 206. The first-order chi connectivity index (χ1) is 44.5. The lowest BCUT2D eigenvalue weighted by atomic mass is 10.1. The first-order valence-corrected chi connectivity index (χ1v) is 34.6. The molecule has 6 aromatic carbocycles. The van der Waals surface area contributed by atoms with Crippen molar-refractivity contribution in [3.8, 4) is 0 Å². The summed E-state index contributed by atoms with van der Waals surface area (Å²) in [5.74, 6) is -7.48. The van der Waals surface area contributed by atoms with Crippen molar-refractivity contribution >= 4 is 166 Å². The zero-order valence-corrected chi connectivity index (χ0v) is 52.9. The normalized spacial score (nSPS) is 16.0. The number of benzene rings is 6. The van der Waals surface area contributed by atoms with E-state index in [1.54, 1.807) is 0 Å². The minimum atomic E-state index is -5.18. The van der Waals surface area contributed by atoms with Crippen LogP contribution in [0, 0.1) is 0 Å². The van der Waals surface area contributed by atoms with Gasteiger partial charge in [-0.3, -0.25) is 46.5 Å². The van der Waals surface area contributed by atoms with Crippen LogP contribution in [0.3, 0.4) is 0 Å². The Bertz CT molecular complexity index is 5010. The summed E-state index contributed by atoms with van der Waals surface area (Å²) in [4.78, 5) is 71.4. The number of hydrazone groups is 2. The van der Waals surface area contributed by atoms with Crippen molar-refractivity contribution in [3.05, 3.63) is 155 Å². The van der Waals surface area contributed by atoms with Crippen LogP contribution in [0.2, 0.25) is 0 Å². The summed E-state index contributed by atoms with van der Waals surface area (Å²) in [6, 6.07) is 13.3. The van der Waals surface area contributed by atoms with Crippen LogP contribution < -0.4 is 20.7 Å². The molecule has 2 unspecified atom stereocenters. The van der Waals surface area contributed by atoms with E-state index in [1.807, 2.05) is 0 Å². The Morgan fingerprint density at radius 1 is 0.427 bits per heavy atom. The van der Waals surface area contributed by atoms with Gasteiger partial charge in [0.05, 0.1) is 55.1 Å². The van der Waals surface area contributed by atoms with Crippen LogP contribution in [-0.2, 0) is 79.9 Å². The van der Waals surface area contributed by atoms with E-state index in [0.29, 0.717) is 34.3 Å². The van der Waals surface area contributed by atoms with E-state index in [2.05, 4.69) is 41.3 Å². The Kier molecular flexibility index (Phi) is 20.0. The molecule has 2 aliphatic rings. The third kappa shape index (κ3) is 16.6. The number of carboxylic acid groups (broad SMARTS) is 2. The van der Waals surface area contributed by atoms with Gasteiger partial charge in [-0.2, -0.15) is 91.2 Å². The van der Waals surface area contributed by atoms with Crippen LogP contribution in [0.25, 0.3) is 24.3 Å². The lowest BCUT2D eigenvalue weighted by Gasteiger charge is -2.15. The van der Waals surface area contributed by atoms with E-state index < -0.39 is 160 Å². The van der Waals surface area contributed by atoms with Gasteiger partial charge in [-0.1, -0.05) is 48.6 Å². The number of amides is 4. The summed E-state index contributed by atoms with van der Waals surface area (Å²) in [5.41, 5.74) is -4.93. The van der Waals surface area contributed by atoms with Gasteiger partial charge < -0.3 is 20.8 Å². The van der Waals surface area contributed by atoms with E-state index >= 15 is 0 Å². The number of rotatable bonds is 22. The monoisotopic (exact) mass is 1440 g/mol. The van der Waals surface area contributed by atoms with Gasteiger partial charge in [0.25, 0.3) is 72.5 Å². The molecule has 500 valence electrons. The number of carbonyl (C=O) groups excluding carboxylic acids is 4. The van der Waals surface area contributed by atoms with E-state index in [-0.39, 0.29) is 56.4 Å². The van der Waals surface area contributed by atoms with Gasteiger partial charge in [-0.25, -0.2) is 9.59 Å². The minimum absolute atomic E-state index is 0.0548. The highest BCUT2D eigenvalue weighted by molar-refractivity contribution is 7.87. The van der Waals surface area contributed by atoms with Crippen molar-refractivity contribution in [1.82, 2.24) is 0 Å². The van der Waals surface area contributed by atoms with Crippen molar-refractivity contribution in [1.29, 1.82) is 0 Å². The van der Waals surface area contributed by atoms with E-state index in [0.717, 1.165) is 121 Å². The van der Waals surface area contributed by atoms with E-state index in [4.69, 9.17) is 0 Å². The molecule has 8 rings (SSSR count). The molecular formula is C54H42N10O26S6. The summed E-state index contributed by atoms with van der Waals surface area (Å²) >= 11 is 0. The molecule has 0 radical (unpaired) electrons. The van der Waals surface area contributed by atoms with Gasteiger partial charge in [-0.05, 0) is 121 Å². The van der Waals surface area contributed by atoms with Gasteiger partial charge in [0.15, 0.2) is 12.1 Å². The number of nitrogens with zero attached hydrogens (tertiary/aromatic N) is 8. The second kappa shape index (κ2) is 27.0. The average Bonchev–Trinajstić information content (AvgIpc) is 1.54. The van der Waals surface area contributed by atoms with Crippen molar-refractivity contribution in [3.63, 3.8) is 0 Å². The van der Waals surface area contributed by atoms with Crippen molar-refractivity contribution in [2.24, 2.45) is 30.7 Å². The predicted octanol–water partition coefficient (Wildman–Crippen LogP) is 5.79. The third-order valence-corrected chi connectivity index (χ3v) is 18.5. The standard InChI is InChI=1S/C54H42N10O26S6/c1-27-49(59-57-41-17-15-37(91(73,74)75)25-39(41)53(69)70)51(67)63(61-27)35-13-9-31(45(23-35)95(85,86)87)5-3-29-7-11-33(21-43(29)93(79,80)81)55-47(65)19-20-48(66)56-34-12-8-30(44(22-34)94(82,83)84)4-6-32-10-14-36(24-46(32)96(88,89)90)64-52(68)50(28(2)62-64)60-58-42-18-16-38(92(76,77)78)26-40(42)54(71)72/h3-26,49-50H,1-2H3,(H,55,65)(H,56,66)(H,69,70)(H,71,72)(H,73,74,75)(H,76,77,78)(H,79,80,81)(H,82,83,84)(H,85,86,87)(H,88,89,90)/b5-3+,6-4+,20-19+,59-57?,60-58?. The van der Waals surface area contributed by atoms with Crippen LogP contribution in [0.15, 0.2) is 181 Å². The largest absolute Gasteiger partial charge is 0.478 e. The summed E-state index contributed by atoms with van der Waals surface area (Å²) in [5, 5.41) is 48.2. The smallest absolute Gasteiger partial charge is 0.338 e.